The predicted molar refractivity (Wildman–Crippen MR) is 141 cm³/mol. The molecule has 39 heavy (non-hydrogen) atoms. The van der Waals surface area contributed by atoms with E-state index in [9.17, 15) is 0 Å². The van der Waals surface area contributed by atoms with Crippen molar-refractivity contribution in [1.82, 2.24) is 0 Å². The lowest BCUT2D eigenvalue weighted by Crippen LogP contribution is -2.16. The lowest BCUT2D eigenvalue weighted by Gasteiger charge is -2.08. The van der Waals surface area contributed by atoms with E-state index in [-0.39, 0.29) is 12.2 Å². The van der Waals surface area contributed by atoms with Crippen LogP contribution in [0.4, 0.5) is 0 Å². The Kier molecular flexibility index (Phi) is 28.5. The highest BCUT2D eigenvalue weighted by Crippen LogP contribution is 2.22. The standard InChI is InChI=1S/C26H52O13/c1-27-3-5-29-7-9-31-11-13-33-15-17-35-19-21-37-23-25-26(39-25)24-38-22-20-36-18-16-34-14-12-32-10-8-30-6-4-28-2/h25-26H,3-24H2,1-2H3. The van der Waals surface area contributed by atoms with Crippen molar-refractivity contribution in [3.8, 4) is 0 Å². The molecule has 0 N–H and O–H groups in total. The maximum Gasteiger partial charge on any atom is 0.110 e. The number of methoxy groups -OCH3 is 2. The summed E-state index contributed by atoms with van der Waals surface area (Å²) in [5, 5.41) is 0. The predicted octanol–water partition coefficient (Wildman–Crippen LogP) is 0.213. The highest BCUT2D eigenvalue weighted by molar-refractivity contribution is 4.84. The summed E-state index contributed by atoms with van der Waals surface area (Å²) in [6.45, 7) is 12.0. The van der Waals surface area contributed by atoms with Crippen LogP contribution < -0.4 is 0 Å². The number of epoxide rings is 1. The summed E-state index contributed by atoms with van der Waals surface area (Å²) < 4.78 is 69.7. The summed E-state index contributed by atoms with van der Waals surface area (Å²) >= 11 is 0. The summed E-state index contributed by atoms with van der Waals surface area (Å²) in [6, 6.07) is 0. The molecule has 2 atom stereocenters. The molecule has 1 fully saturated rings. The topological polar surface area (TPSA) is 123 Å². The van der Waals surface area contributed by atoms with Gasteiger partial charge in [0, 0.05) is 14.2 Å². The minimum atomic E-state index is 0.0900. The Balaban J connectivity index is 1.66. The minimum Gasteiger partial charge on any atom is -0.382 e. The van der Waals surface area contributed by atoms with Crippen molar-refractivity contribution >= 4 is 0 Å². The van der Waals surface area contributed by atoms with E-state index < -0.39 is 0 Å². The molecule has 13 nitrogen and oxygen atoms in total. The van der Waals surface area contributed by atoms with Crippen LogP contribution >= 0.6 is 0 Å². The van der Waals surface area contributed by atoms with Crippen LogP contribution in [0.3, 0.4) is 0 Å². The van der Waals surface area contributed by atoms with Crippen molar-refractivity contribution < 1.29 is 61.6 Å². The summed E-state index contributed by atoms with van der Waals surface area (Å²) in [5.74, 6) is 0. The van der Waals surface area contributed by atoms with Crippen molar-refractivity contribution in [2.75, 3.05) is 160 Å². The first-order valence-corrected chi connectivity index (χ1v) is 13.8. The van der Waals surface area contributed by atoms with Gasteiger partial charge in [0.2, 0.25) is 0 Å². The quantitative estimate of drug-likeness (QED) is 0.0772. The molecule has 0 radical (unpaired) electrons. The molecule has 1 heterocycles. The fourth-order valence-corrected chi connectivity index (χ4v) is 2.92. The zero-order valence-corrected chi connectivity index (χ0v) is 24.0. The Labute approximate surface area is 233 Å². The van der Waals surface area contributed by atoms with Crippen molar-refractivity contribution in [2.24, 2.45) is 0 Å². The van der Waals surface area contributed by atoms with Gasteiger partial charge in [0.25, 0.3) is 0 Å². The van der Waals surface area contributed by atoms with E-state index in [1.807, 2.05) is 0 Å². The molecule has 1 aliphatic rings. The van der Waals surface area contributed by atoms with E-state index in [1.54, 1.807) is 14.2 Å². The second-order valence-electron chi connectivity index (χ2n) is 8.25. The lowest BCUT2D eigenvalue weighted by atomic mass is 10.3. The fraction of sp³-hybridized carbons (Fsp3) is 1.00. The molecule has 1 rings (SSSR count). The average Bonchev–Trinajstić information content (AvgIpc) is 3.70. The normalized spacial score (nSPS) is 16.8. The molecule has 0 aromatic heterocycles. The highest BCUT2D eigenvalue weighted by atomic mass is 16.6. The average molecular weight is 573 g/mol. The van der Waals surface area contributed by atoms with Gasteiger partial charge in [-0.2, -0.15) is 0 Å². The zero-order valence-electron chi connectivity index (χ0n) is 24.0. The van der Waals surface area contributed by atoms with Gasteiger partial charge in [-0.15, -0.1) is 0 Å². The van der Waals surface area contributed by atoms with E-state index in [2.05, 4.69) is 0 Å². The molecule has 0 spiro atoms. The van der Waals surface area contributed by atoms with E-state index >= 15 is 0 Å². The van der Waals surface area contributed by atoms with Gasteiger partial charge >= 0.3 is 0 Å². The van der Waals surface area contributed by atoms with E-state index in [4.69, 9.17) is 61.6 Å². The number of rotatable bonds is 34. The Bertz CT molecular complexity index is 435. The fourth-order valence-electron chi connectivity index (χ4n) is 2.92. The van der Waals surface area contributed by atoms with Crippen molar-refractivity contribution in [2.45, 2.75) is 12.2 Å². The first kappa shape index (κ1) is 36.5. The number of ether oxygens (including phenoxy) is 13. The molecule has 1 aliphatic heterocycles. The van der Waals surface area contributed by atoms with Gasteiger partial charge < -0.3 is 61.6 Å². The second-order valence-corrected chi connectivity index (χ2v) is 8.25. The van der Waals surface area contributed by atoms with E-state index in [1.165, 1.54) is 0 Å². The Hall–Kier alpha value is -0.520. The largest absolute Gasteiger partial charge is 0.382 e. The van der Waals surface area contributed by atoms with Gasteiger partial charge in [0.15, 0.2) is 0 Å². The molecule has 0 saturated carbocycles. The third-order valence-electron chi connectivity index (χ3n) is 5.09. The van der Waals surface area contributed by atoms with E-state index in [0.717, 1.165) is 0 Å². The Morgan fingerprint density at radius 3 is 0.744 bits per heavy atom. The van der Waals surface area contributed by atoms with Crippen LogP contribution in [0.1, 0.15) is 0 Å². The molecule has 0 aliphatic carbocycles. The van der Waals surface area contributed by atoms with Crippen molar-refractivity contribution in [3.63, 3.8) is 0 Å². The molecule has 0 aromatic carbocycles. The third-order valence-corrected chi connectivity index (χ3v) is 5.09. The molecule has 0 amide bonds. The lowest BCUT2D eigenvalue weighted by molar-refractivity contribution is -0.0156. The van der Waals surface area contributed by atoms with Gasteiger partial charge in [-0.1, -0.05) is 0 Å². The Morgan fingerprint density at radius 1 is 0.308 bits per heavy atom. The highest BCUT2D eigenvalue weighted by Gasteiger charge is 2.38. The van der Waals surface area contributed by atoms with Crippen LogP contribution in [-0.4, -0.2) is 172 Å². The molecule has 0 bridgehead atoms. The first-order valence-electron chi connectivity index (χ1n) is 13.8. The summed E-state index contributed by atoms with van der Waals surface area (Å²) in [5.41, 5.74) is 0. The van der Waals surface area contributed by atoms with Gasteiger partial charge in [-0.05, 0) is 0 Å². The van der Waals surface area contributed by atoms with Crippen LogP contribution in [0.5, 0.6) is 0 Å². The number of hydrogen-bond acceptors (Lipinski definition) is 13. The SMILES string of the molecule is COCCOCCOCCOCCOCCOCC1OC1COCCOCCOCCOCCOCCOC. The van der Waals surface area contributed by atoms with Crippen molar-refractivity contribution in [3.05, 3.63) is 0 Å². The van der Waals surface area contributed by atoms with E-state index in [0.29, 0.717) is 145 Å². The van der Waals surface area contributed by atoms with Crippen LogP contribution in [0, 0.1) is 0 Å². The van der Waals surface area contributed by atoms with Crippen LogP contribution in [0.25, 0.3) is 0 Å². The minimum absolute atomic E-state index is 0.0900. The molecule has 2 unspecified atom stereocenters. The van der Waals surface area contributed by atoms with Gasteiger partial charge in [-0.3, -0.25) is 0 Å². The smallest absolute Gasteiger partial charge is 0.110 e. The first-order chi connectivity index (χ1) is 19.4. The van der Waals surface area contributed by atoms with Gasteiger partial charge in [0.05, 0.1) is 145 Å². The van der Waals surface area contributed by atoms with Crippen LogP contribution in [0.15, 0.2) is 0 Å². The maximum absolute atomic E-state index is 5.58. The monoisotopic (exact) mass is 572 g/mol. The molecule has 13 heteroatoms. The summed E-state index contributed by atoms with van der Waals surface area (Å²) in [6.07, 6.45) is 0.180. The van der Waals surface area contributed by atoms with Gasteiger partial charge in [-0.25, -0.2) is 0 Å². The van der Waals surface area contributed by atoms with Crippen LogP contribution in [-0.2, 0) is 61.6 Å². The van der Waals surface area contributed by atoms with Gasteiger partial charge in [0.1, 0.15) is 12.2 Å². The molecular formula is C26H52O13. The summed E-state index contributed by atoms with van der Waals surface area (Å²) in [4.78, 5) is 0. The molecular weight excluding hydrogens is 520 g/mol. The summed E-state index contributed by atoms with van der Waals surface area (Å²) in [7, 11) is 3.29. The maximum atomic E-state index is 5.58. The third kappa shape index (κ3) is 27.4. The van der Waals surface area contributed by atoms with Crippen LogP contribution in [0.2, 0.25) is 0 Å². The second kappa shape index (κ2) is 30.4. The molecule has 0 aromatic rings. The Morgan fingerprint density at radius 2 is 0.513 bits per heavy atom. The molecule has 1 saturated heterocycles. The number of hydrogen-bond donors (Lipinski definition) is 0. The molecule has 234 valence electrons. The van der Waals surface area contributed by atoms with Crippen molar-refractivity contribution in [1.29, 1.82) is 0 Å². The zero-order chi connectivity index (χ0) is 27.9.